The molecule has 1 atom stereocenters. The first kappa shape index (κ1) is 12.6. The standard InChI is InChI=1S/C12H10INO2S/c1-16-11-4-2-9(3-5-11)14-10(6-7-17-13)8-12(14)15/h2-5,10H,8H2,1H3. The lowest BCUT2D eigenvalue weighted by atomic mass is 10.0. The van der Waals surface area contributed by atoms with Gasteiger partial charge in [-0.2, -0.15) is 0 Å². The number of halogens is 1. The normalized spacial score (nSPS) is 18.1. The highest BCUT2D eigenvalue weighted by Gasteiger charge is 2.35. The molecule has 1 fully saturated rings. The molecule has 17 heavy (non-hydrogen) atoms. The fraction of sp³-hybridized carbons (Fsp3) is 0.250. The Morgan fingerprint density at radius 3 is 2.71 bits per heavy atom. The monoisotopic (exact) mass is 359 g/mol. The fourth-order valence-electron chi connectivity index (χ4n) is 1.69. The topological polar surface area (TPSA) is 29.5 Å². The number of hydrogen-bond acceptors (Lipinski definition) is 3. The number of carbonyl (C=O) groups excluding carboxylic acids is 1. The van der Waals surface area contributed by atoms with Gasteiger partial charge in [-0.15, -0.1) is 0 Å². The highest BCUT2D eigenvalue weighted by Crippen LogP contribution is 2.29. The summed E-state index contributed by atoms with van der Waals surface area (Å²) in [5.74, 6) is 3.96. The summed E-state index contributed by atoms with van der Waals surface area (Å²) in [5, 5.41) is 2.93. The van der Waals surface area contributed by atoms with E-state index in [1.54, 1.807) is 12.0 Å². The van der Waals surface area contributed by atoms with Crippen LogP contribution in [0.4, 0.5) is 5.69 Å². The average molecular weight is 359 g/mol. The zero-order chi connectivity index (χ0) is 12.3. The SMILES string of the molecule is COc1ccc(N2C(=O)CC2C#CSI)cc1. The molecule has 0 aliphatic carbocycles. The lowest BCUT2D eigenvalue weighted by molar-refractivity contribution is -0.123. The number of carbonyl (C=O) groups is 1. The summed E-state index contributed by atoms with van der Waals surface area (Å²) in [6, 6.07) is 7.46. The number of nitrogens with zero attached hydrogens (tertiary/aromatic N) is 1. The number of rotatable bonds is 2. The molecule has 1 saturated heterocycles. The van der Waals surface area contributed by atoms with Crippen LogP contribution < -0.4 is 9.64 Å². The Kier molecular flexibility index (Phi) is 4.18. The number of benzene rings is 1. The van der Waals surface area contributed by atoms with Crippen molar-refractivity contribution in [2.24, 2.45) is 0 Å². The predicted molar refractivity (Wildman–Crippen MR) is 78.3 cm³/mol. The highest BCUT2D eigenvalue weighted by molar-refractivity contribution is 14.2. The zero-order valence-corrected chi connectivity index (χ0v) is 12.1. The van der Waals surface area contributed by atoms with E-state index in [0.29, 0.717) is 6.42 Å². The smallest absolute Gasteiger partial charge is 0.231 e. The molecule has 1 aromatic rings. The van der Waals surface area contributed by atoms with Crippen LogP contribution in [0.2, 0.25) is 0 Å². The summed E-state index contributed by atoms with van der Waals surface area (Å²) in [7, 11) is 3.06. The van der Waals surface area contributed by atoms with Gasteiger partial charge in [0.2, 0.25) is 5.91 Å². The largest absolute Gasteiger partial charge is 0.497 e. The summed E-state index contributed by atoms with van der Waals surface area (Å²) >= 11 is 2.12. The molecule has 0 saturated carbocycles. The van der Waals surface area contributed by atoms with Crippen LogP contribution in [0.15, 0.2) is 24.3 Å². The van der Waals surface area contributed by atoms with E-state index in [0.717, 1.165) is 11.4 Å². The van der Waals surface area contributed by atoms with Gasteiger partial charge < -0.3 is 4.74 Å². The van der Waals surface area contributed by atoms with Gasteiger partial charge in [-0.3, -0.25) is 9.69 Å². The minimum Gasteiger partial charge on any atom is -0.497 e. The molecule has 88 valence electrons. The Labute approximate surface area is 116 Å². The van der Waals surface area contributed by atoms with E-state index in [2.05, 4.69) is 32.4 Å². The zero-order valence-electron chi connectivity index (χ0n) is 9.14. The summed E-state index contributed by atoms with van der Waals surface area (Å²) in [4.78, 5) is 13.3. The number of hydrogen-bond donors (Lipinski definition) is 0. The quantitative estimate of drug-likeness (QED) is 0.462. The van der Waals surface area contributed by atoms with Crippen LogP contribution in [0, 0.1) is 11.2 Å². The van der Waals surface area contributed by atoms with Crippen LogP contribution in [-0.4, -0.2) is 19.1 Å². The van der Waals surface area contributed by atoms with Crippen molar-refractivity contribution in [2.75, 3.05) is 12.0 Å². The molecule has 1 aliphatic rings. The molecule has 1 amide bonds. The predicted octanol–water partition coefficient (Wildman–Crippen LogP) is 2.84. The van der Waals surface area contributed by atoms with Gasteiger partial charge in [-0.05, 0) is 38.5 Å². The molecule has 0 bridgehead atoms. The van der Waals surface area contributed by atoms with E-state index in [4.69, 9.17) is 4.74 Å². The maximum Gasteiger partial charge on any atom is 0.231 e. The molecule has 1 unspecified atom stereocenters. The van der Waals surface area contributed by atoms with Crippen molar-refractivity contribution < 1.29 is 9.53 Å². The van der Waals surface area contributed by atoms with E-state index in [1.807, 2.05) is 24.3 Å². The molecule has 0 radical (unpaired) electrons. The van der Waals surface area contributed by atoms with E-state index >= 15 is 0 Å². The van der Waals surface area contributed by atoms with Gasteiger partial charge in [0.1, 0.15) is 11.8 Å². The molecule has 2 rings (SSSR count). The van der Waals surface area contributed by atoms with E-state index < -0.39 is 0 Å². The minimum absolute atomic E-state index is 0.0122. The van der Waals surface area contributed by atoms with Gasteiger partial charge in [0.25, 0.3) is 0 Å². The van der Waals surface area contributed by atoms with Crippen LogP contribution >= 0.6 is 30.1 Å². The molecule has 3 nitrogen and oxygen atoms in total. The van der Waals surface area contributed by atoms with Crippen molar-refractivity contribution in [3.8, 4) is 16.9 Å². The second kappa shape index (κ2) is 5.65. The second-order valence-corrected chi connectivity index (χ2v) is 5.18. The summed E-state index contributed by atoms with van der Waals surface area (Å²) in [5.41, 5.74) is 0.875. The Balaban J connectivity index is 2.16. The van der Waals surface area contributed by atoms with E-state index in [1.165, 1.54) is 8.93 Å². The third kappa shape index (κ3) is 2.69. The summed E-state index contributed by atoms with van der Waals surface area (Å²) < 4.78 is 5.08. The Morgan fingerprint density at radius 2 is 2.18 bits per heavy atom. The van der Waals surface area contributed by atoms with Gasteiger partial charge in [0.05, 0.1) is 13.5 Å². The van der Waals surface area contributed by atoms with Gasteiger partial charge in [0.15, 0.2) is 0 Å². The van der Waals surface area contributed by atoms with Gasteiger partial charge in [-0.25, -0.2) is 0 Å². The molecule has 1 heterocycles. The van der Waals surface area contributed by atoms with Crippen LogP contribution in [-0.2, 0) is 4.79 Å². The molecule has 5 heteroatoms. The van der Waals surface area contributed by atoms with Crippen LogP contribution in [0.25, 0.3) is 0 Å². The first-order chi connectivity index (χ1) is 8.26. The minimum atomic E-state index is 0.0122. The van der Waals surface area contributed by atoms with Gasteiger partial charge >= 0.3 is 0 Å². The molecule has 0 aromatic heterocycles. The second-order valence-electron chi connectivity index (χ2n) is 3.51. The third-order valence-electron chi connectivity index (χ3n) is 2.56. The fourth-order valence-corrected chi connectivity index (χ4v) is 2.25. The van der Waals surface area contributed by atoms with Crippen molar-refractivity contribution in [3.63, 3.8) is 0 Å². The number of amides is 1. The van der Waals surface area contributed by atoms with Crippen molar-refractivity contribution in [2.45, 2.75) is 12.5 Å². The molecule has 1 aromatic carbocycles. The maximum atomic E-state index is 11.6. The number of anilines is 1. The highest BCUT2D eigenvalue weighted by atomic mass is 127. The van der Waals surface area contributed by atoms with E-state index in [9.17, 15) is 4.79 Å². The first-order valence-corrected chi connectivity index (χ1v) is 8.36. The van der Waals surface area contributed by atoms with E-state index in [-0.39, 0.29) is 11.9 Å². The average Bonchev–Trinajstić information content (AvgIpc) is 2.35. The Bertz CT molecular complexity index is 478. The van der Waals surface area contributed by atoms with Gasteiger partial charge in [-0.1, -0.05) is 5.92 Å². The van der Waals surface area contributed by atoms with Crippen molar-refractivity contribution in [1.29, 1.82) is 0 Å². The number of β-lactam (4-membered cyclic amide) rings is 1. The third-order valence-corrected chi connectivity index (χ3v) is 3.42. The first-order valence-electron chi connectivity index (χ1n) is 5.00. The van der Waals surface area contributed by atoms with Crippen molar-refractivity contribution in [3.05, 3.63) is 24.3 Å². The summed E-state index contributed by atoms with van der Waals surface area (Å²) in [6.45, 7) is 0. The Hall–Kier alpha value is -0.870. The molecule has 0 N–H and O–H groups in total. The molecule has 0 spiro atoms. The van der Waals surface area contributed by atoms with Crippen molar-refractivity contribution in [1.82, 2.24) is 0 Å². The van der Waals surface area contributed by atoms with Crippen molar-refractivity contribution >= 4 is 41.7 Å². The lowest BCUT2D eigenvalue weighted by Crippen LogP contribution is -2.52. The maximum absolute atomic E-state index is 11.6. The lowest BCUT2D eigenvalue weighted by Gasteiger charge is -2.37. The van der Waals surface area contributed by atoms with Gasteiger partial charge in [0, 0.05) is 26.9 Å². The van der Waals surface area contributed by atoms with Crippen LogP contribution in [0.5, 0.6) is 5.75 Å². The number of ether oxygens (including phenoxy) is 1. The number of methoxy groups -OCH3 is 1. The molecular weight excluding hydrogens is 349 g/mol. The van der Waals surface area contributed by atoms with Crippen LogP contribution in [0.3, 0.4) is 0 Å². The molecule has 1 aliphatic heterocycles. The van der Waals surface area contributed by atoms with Crippen LogP contribution in [0.1, 0.15) is 6.42 Å². The molecular formula is C12H10INO2S. The summed E-state index contributed by atoms with van der Waals surface area (Å²) in [6.07, 6.45) is 0.510. The Morgan fingerprint density at radius 1 is 1.47 bits per heavy atom.